The Hall–Kier alpha value is -4.07. The van der Waals surface area contributed by atoms with Crippen LogP contribution in [-0.2, 0) is 6.18 Å². The quantitative estimate of drug-likeness (QED) is 0.396. The highest BCUT2D eigenvalue weighted by Gasteiger charge is 2.32. The molecule has 1 aliphatic rings. The van der Waals surface area contributed by atoms with Gasteiger partial charge in [0.05, 0.1) is 11.6 Å². The van der Waals surface area contributed by atoms with Crippen LogP contribution in [0.4, 0.5) is 19.0 Å². The second kappa shape index (κ2) is 8.70. The molecule has 0 radical (unpaired) electrons. The van der Waals surface area contributed by atoms with E-state index in [2.05, 4.69) is 10.3 Å². The number of alkyl halides is 3. The SMILES string of the molecule is O=C(c1ccc2c(Oc3ccc(C(F)(F)F)cc3)cccc2c1)N1CC(Nc2ccccn2)C1. The summed E-state index contributed by atoms with van der Waals surface area (Å²) in [6.45, 7) is 1.18. The first-order chi connectivity index (χ1) is 16.4. The molecule has 1 aliphatic heterocycles. The Morgan fingerprint density at radius 1 is 0.971 bits per heavy atom. The zero-order valence-corrected chi connectivity index (χ0v) is 17.9. The van der Waals surface area contributed by atoms with Crippen LogP contribution in [0.2, 0.25) is 0 Å². The number of benzene rings is 3. The normalized spacial score (nSPS) is 14.0. The van der Waals surface area contributed by atoms with Crippen LogP contribution in [0.15, 0.2) is 85.1 Å². The molecule has 1 N–H and O–H groups in total. The Morgan fingerprint density at radius 3 is 2.47 bits per heavy atom. The van der Waals surface area contributed by atoms with Gasteiger partial charge in [-0.2, -0.15) is 13.2 Å². The molecule has 5 nitrogen and oxygen atoms in total. The molecular formula is C26H20F3N3O2. The molecule has 1 amide bonds. The number of fused-ring (bicyclic) bond motifs is 1. The zero-order valence-electron chi connectivity index (χ0n) is 17.9. The molecule has 34 heavy (non-hydrogen) atoms. The minimum Gasteiger partial charge on any atom is -0.457 e. The van der Waals surface area contributed by atoms with E-state index >= 15 is 0 Å². The minimum atomic E-state index is -4.40. The largest absolute Gasteiger partial charge is 0.457 e. The minimum absolute atomic E-state index is 0.0602. The van der Waals surface area contributed by atoms with Crippen LogP contribution in [0.25, 0.3) is 10.8 Å². The van der Waals surface area contributed by atoms with E-state index in [9.17, 15) is 18.0 Å². The summed E-state index contributed by atoms with van der Waals surface area (Å²) in [6, 6.07) is 21.1. The predicted octanol–water partition coefficient (Wildman–Crippen LogP) is 5.98. The van der Waals surface area contributed by atoms with Crippen molar-refractivity contribution in [1.29, 1.82) is 0 Å². The number of likely N-dealkylation sites (tertiary alicyclic amines) is 1. The van der Waals surface area contributed by atoms with Gasteiger partial charge in [0.2, 0.25) is 0 Å². The number of ether oxygens (including phenoxy) is 1. The lowest BCUT2D eigenvalue weighted by Crippen LogP contribution is -2.57. The molecular weight excluding hydrogens is 443 g/mol. The number of hydrogen-bond acceptors (Lipinski definition) is 4. The van der Waals surface area contributed by atoms with Gasteiger partial charge in [0, 0.05) is 30.2 Å². The number of carbonyl (C=O) groups is 1. The van der Waals surface area contributed by atoms with E-state index in [0.29, 0.717) is 30.2 Å². The lowest BCUT2D eigenvalue weighted by Gasteiger charge is -2.39. The van der Waals surface area contributed by atoms with Gasteiger partial charge in [-0.05, 0) is 66.0 Å². The van der Waals surface area contributed by atoms with Crippen molar-refractivity contribution >= 4 is 22.5 Å². The van der Waals surface area contributed by atoms with Crippen molar-refractivity contribution in [3.05, 3.63) is 96.2 Å². The maximum Gasteiger partial charge on any atom is 0.416 e. The molecule has 0 bridgehead atoms. The number of anilines is 1. The molecule has 0 unspecified atom stereocenters. The molecule has 1 saturated heterocycles. The predicted molar refractivity (Wildman–Crippen MR) is 123 cm³/mol. The van der Waals surface area contributed by atoms with Crippen LogP contribution < -0.4 is 10.1 Å². The van der Waals surface area contributed by atoms with Gasteiger partial charge in [0.25, 0.3) is 5.91 Å². The smallest absolute Gasteiger partial charge is 0.416 e. The van der Waals surface area contributed by atoms with Crippen LogP contribution in [0.3, 0.4) is 0 Å². The van der Waals surface area contributed by atoms with Crippen molar-refractivity contribution in [3.63, 3.8) is 0 Å². The van der Waals surface area contributed by atoms with Crippen molar-refractivity contribution < 1.29 is 22.7 Å². The summed E-state index contributed by atoms with van der Waals surface area (Å²) in [5, 5.41) is 4.87. The van der Waals surface area contributed by atoms with E-state index < -0.39 is 11.7 Å². The number of aromatic nitrogens is 1. The first kappa shape index (κ1) is 21.8. The van der Waals surface area contributed by atoms with Crippen molar-refractivity contribution in [2.45, 2.75) is 12.2 Å². The summed E-state index contributed by atoms with van der Waals surface area (Å²) < 4.78 is 44.2. The zero-order chi connectivity index (χ0) is 23.7. The molecule has 1 fully saturated rings. The van der Waals surface area contributed by atoms with Crippen LogP contribution in [0.1, 0.15) is 15.9 Å². The van der Waals surface area contributed by atoms with Crippen LogP contribution >= 0.6 is 0 Å². The second-order valence-corrected chi connectivity index (χ2v) is 8.08. The molecule has 3 aromatic carbocycles. The molecule has 172 valence electrons. The molecule has 1 aromatic heterocycles. The fourth-order valence-electron chi connectivity index (χ4n) is 3.89. The lowest BCUT2D eigenvalue weighted by molar-refractivity contribution is -0.137. The van der Waals surface area contributed by atoms with E-state index in [1.165, 1.54) is 12.1 Å². The van der Waals surface area contributed by atoms with Crippen molar-refractivity contribution in [3.8, 4) is 11.5 Å². The molecule has 0 saturated carbocycles. The van der Waals surface area contributed by atoms with Gasteiger partial charge >= 0.3 is 6.18 Å². The summed E-state index contributed by atoms with van der Waals surface area (Å²) in [5.74, 6) is 1.52. The lowest BCUT2D eigenvalue weighted by atomic mass is 10.0. The van der Waals surface area contributed by atoms with E-state index in [1.807, 2.05) is 24.3 Å². The standard InChI is InChI=1S/C26H20F3N3O2/c27-26(28,29)19-8-10-21(11-9-19)34-23-5-3-4-17-14-18(7-12-22(17)23)25(33)32-15-20(16-32)31-24-6-1-2-13-30-24/h1-14,20H,15-16H2,(H,30,31). The average Bonchev–Trinajstić information content (AvgIpc) is 2.81. The van der Waals surface area contributed by atoms with Gasteiger partial charge in [-0.25, -0.2) is 4.98 Å². The Morgan fingerprint density at radius 2 is 1.76 bits per heavy atom. The number of carbonyl (C=O) groups excluding carboxylic acids is 1. The number of hydrogen-bond donors (Lipinski definition) is 1. The third-order valence-corrected chi connectivity index (χ3v) is 5.68. The van der Waals surface area contributed by atoms with E-state index in [0.717, 1.165) is 28.7 Å². The molecule has 2 heterocycles. The third kappa shape index (κ3) is 4.52. The summed E-state index contributed by atoms with van der Waals surface area (Å²) in [7, 11) is 0. The topological polar surface area (TPSA) is 54.5 Å². The fourth-order valence-corrected chi connectivity index (χ4v) is 3.89. The highest BCUT2D eigenvalue weighted by molar-refractivity contribution is 6.00. The van der Waals surface area contributed by atoms with Crippen molar-refractivity contribution in [2.24, 2.45) is 0 Å². The van der Waals surface area contributed by atoms with Gasteiger partial charge in [-0.15, -0.1) is 0 Å². The number of rotatable bonds is 5. The van der Waals surface area contributed by atoms with Crippen molar-refractivity contribution in [1.82, 2.24) is 9.88 Å². The Kier molecular flexibility index (Phi) is 5.57. The average molecular weight is 463 g/mol. The summed E-state index contributed by atoms with van der Waals surface area (Å²) in [5.41, 5.74) is -0.167. The van der Waals surface area contributed by atoms with E-state index in [4.69, 9.17) is 4.74 Å². The third-order valence-electron chi connectivity index (χ3n) is 5.68. The Balaban J connectivity index is 1.28. The summed E-state index contributed by atoms with van der Waals surface area (Å²) in [6.07, 6.45) is -2.68. The maximum absolute atomic E-state index is 12.9. The van der Waals surface area contributed by atoms with Crippen LogP contribution in [0.5, 0.6) is 11.5 Å². The van der Waals surface area contributed by atoms with E-state index in [-0.39, 0.29) is 11.9 Å². The second-order valence-electron chi connectivity index (χ2n) is 8.08. The van der Waals surface area contributed by atoms with Gasteiger partial charge in [-0.1, -0.05) is 18.2 Å². The summed E-state index contributed by atoms with van der Waals surface area (Å²) in [4.78, 5) is 18.9. The fraction of sp³-hybridized carbons (Fsp3) is 0.154. The van der Waals surface area contributed by atoms with Crippen LogP contribution in [-0.4, -0.2) is 34.9 Å². The van der Waals surface area contributed by atoms with Gasteiger partial charge in [-0.3, -0.25) is 4.79 Å². The van der Waals surface area contributed by atoms with Crippen LogP contribution in [0, 0.1) is 0 Å². The highest BCUT2D eigenvalue weighted by atomic mass is 19.4. The summed E-state index contributed by atoms with van der Waals surface area (Å²) >= 11 is 0. The van der Waals surface area contributed by atoms with E-state index in [1.54, 1.807) is 41.4 Å². The molecule has 5 rings (SSSR count). The monoisotopic (exact) mass is 463 g/mol. The van der Waals surface area contributed by atoms with Gasteiger partial charge in [0.15, 0.2) is 0 Å². The molecule has 0 atom stereocenters. The number of halogens is 3. The molecule has 8 heteroatoms. The molecule has 4 aromatic rings. The van der Waals surface area contributed by atoms with Gasteiger partial charge in [0.1, 0.15) is 17.3 Å². The Bertz CT molecular complexity index is 1320. The highest BCUT2D eigenvalue weighted by Crippen LogP contribution is 2.34. The first-order valence-corrected chi connectivity index (χ1v) is 10.7. The van der Waals surface area contributed by atoms with Gasteiger partial charge < -0.3 is 15.0 Å². The number of nitrogens with zero attached hydrogens (tertiary/aromatic N) is 2. The first-order valence-electron chi connectivity index (χ1n) is 10.7. The molecule has 0 aliphatic carbocycles. The van der Waals surface area contributed by atoms with Crippen molar-refractivity contribution in [2.75, 3.05) is 18.4 Å². The number of pyridine rings is 1. The number of nitrogens with one attached hydrogen (secondary N) is 1. The molecule has 0 spiro atoms. The maximum atomic E-state index is 12.9. The Labute approximate surface area is 193 Å². The number of amides is 1.